The molecule has 6 heteroatoms. The number of hydrogen-bond donors (Lipinski definition) is 0. The zero-order valence-corrected chi connectivity index (χ0v) is 14.9. The Kier molecular flexibility index (Phi) is 5.75. The van der Waals surface area contributed by atoms with E-state index < -0.39 is 20.7 Å². The molecule has 21 heavy (non-hydrogen) atoms. The van der Waals surface area contributed by atoms with Crippen molar-refractivity contribution in [1.82, 2.24) is 4.90 Å². The number of nitrogens with zero attached hydrogens (tertiary/aromatic N) is 1. The normalized spacial score (nSPS) is 22.8. The maximum atomic E-state index is 12.3. The summed E-state index contributed by atoms with van der Waals surface area (Å²) in [6.45, 7) is 14.4. The maximum absolute atomic E-state index is 12.3. The van der Waals surface area contributed by atoms with Crippen LogP contribution in [0.1, 0.15) is 27.2 Å². The average molecular weight is 313 g/mol. The number of hydrogen-bond acceptors (Lipinski definition) is 4. The number of ketones is 1. The molecule has 1 rings (SSSR count). The first kappa shape index (κ1) is 17.9. The zero-order valence-electron chi connectivity index (χ0n) is 13.8. The summed E-state index contributed by atoms with van der Waals surface area (Å²) in [6.07, 6.45) is 1.37. The van der Waals surface area contributed by atoms with Gasteiger partial charge in [-0.25, -0.2) is 4.79 Å². The number of Topliss-reactive ketones (excluding diaryl/α,β-unsaturated/α-hetero) is 1. The van der Waals surface area contributed by atoms with Gasteiger partial charge in [0.25, 0.3) is 0 Å². The van der Waals surface area contributed by atoms with E-state index in [9.17, 15) is 9.59 Å². The fraction of sp³-hybridized carbons (Fsp3) is 0.733. The minimum Gasteiger partial charge on any atom is -0.445 e. The van der Waals surface area contributed by atoms with Crippen molar-refractivity contribution < 1.29 is 18.8 Å². The Morgan fingerprint density at radius 1 is 1.48 bits per heavy atom. The largest absolute Gasteiger partial charge is 0.445 e. The van der Waals surface area contributed by atoms with Crippen molar-refractivity contribution in [3.63, 3.8) is 0 Å². The van der Waals surface area contributed by atoms with Gasteiger partial charge in [0.05, 0.1) is 18.7 Å². The zero-order chi connectivity index (χ0) is 16.3. The molecule has 0 saturated carbocycles. The van der Waals surface area contributed by atoms with Crippen LogP contribution in [0.2, 0.25) is 13.1 Å². The second kappa shape index (κ2) is 6.75. The van der Waals surface area contributed by atoms with Crippen LogP contribution in [-0.4, -0.2) is 51.1 Å². The predicted molar refractivity (Wildman–Crippen MR) is 84.9 cm³/mol. The van der Waals surface area contributed by atoms with Crippen LogP contribution < -0.4 is 0 Å². The first-order chi connectivity index (χ1) is 9.64. The molecule has 1 atom stereocenters. The van der Waals surface area contributed by atoms with E-state index in [1.54, 1.807) is 4.90 Å². The van der Waals surface area contributed by atoms with Gasteiger partial charge >= 0.3 is 6.09 Å². The number of carbonyl (C=O) groups excluding carboxylic acids is 2. The molecule has 1 aliphatic heterocycles. The lowest BCUT2D eigenvalue weighted by Crippen LogP contribution is -2.59. The van der Waals surface area contributed by atoms with Crippen molar-refractivity contribution in [3.8, 4) is 0 Å². The van der Waals surface area contributed by atoms with Crippen molar-refractivity contribution in [1.29, 1.82) is 0 Å². The van der Waals surface area contributed by atoms with Gasteiger partial charge in [0.1, 0.15) is 6.61 Å². The Balaban J connectivity index is 3.08. The summed E-state index contributed by atoms with van der Waals surface area (Å²) < 4.78 is 11.1. The third-order valence-corrected chi connectivity index (χ3v) is 4.77. The second-order valence-electron chi connectivity index (χ2n) is 6.81. The maximum Gasteiger partial charge on any atom is 0.411 e. The quantitative estimate of drug-likeness (QED) is 0.577. The van der Waals surface area contributed by atoms with E-state index in [2.05, 4.69) is 19.7 Å². The van der Waals surface area contributed by atoms with Gasteiger partial charge in [0.2, 0.25) is 0 Å². The molecule has 120 valence electrons. The van der Waals surface area contributed by atoms with Crippen molar-refractivity contribution in [2.24, 2.45) is 5.41 Å². The van der Waals surface area contributed by atoms with E-state index in [1.165, 1.54) is 6.08 Å². The lowest BCUT2D eigenvalue weighted by atomic mass is 9.72. The van der Waals surface area contributed by atoms with E-state index in [-0.39, 0.29) is 24.3 Å². The van der Waals surface area contributed by atoms with Crippen molar-refractivity contribution in [3.05, 3.63) is 12.7 Å². The van der Waals surface area contributed by atoms with Crippen LogP contribution in [0.5, 0.6) is 0 Å². The van der Waals surface area contributed by atoms with Crippen molar-refractivity contribution in [2.45, 2.75) is 45.8 Å². The van der Waals surface area contributed by atoms with Crippen LogP contribution >= 0.6 is 0 Å². The molecular formula is C15H27NO4Si. The third kappa shape index (κ3) is 3.94. The van der Waals surface area contributed by atoms with Gasteiger partial charge in [-0.2, -0.15) is 0 Å². The van der Waals surface area contributed by atoms with Gasteiger partial charge in [-0.15, -0.1) is 0 Å². The lowest BCUT2D eigenvalue weighted by Gasteiger charge is -2.47. The highest BCUT2D eigenvalue weighted by Crippen LogP contribution is 2.43. The van der Waals surface area contributed by atoms with Crippen molar-refractivity contribution in [2.75, 3.05) is 19.8 Å². The summed E-state index contributed by atoms with van der Waals surface area (Å²) in [4.78, 5) is 25.9. The van der Waals surface area contributed by atoms with Crippen LogP contribution in [0.15, 0.2) is 12.7 Å². The lowest BCUT2D eigenvalue weighted by molar-refractivity contribution is -0.117. The van der Waals surface area contributed by atoms with Gasteiger partial charge < -0.3 is 9.16 Å². The highest BCUT2D eigenvalue weighted by molar-refractivity contribution is 6.48. The molecule has 1 saturated heterocycles. The molecule has 0 spiro atoms. The van der Waals surface area contributed by atoms with Gasteiger partial charge in [-0.3, -0.25) is 9.69 Å². The first-order valence-electron chi connectivity index (χ1n) is 7.32. The Morgan fingerprint density at radius 3 is 2.57 bits per heavy atom. The molecule has 0 bridgehead atoms. The minimum absolute atomic E-state index is 0.0505. The van der Waals surface area contributed by atoms with Crippen LogP contribution in [0.4, 0.5) is 4.79 Å². The SMILES string of the molecule is C=CCOC(=O)N1CC(=O)C[C@@]1(CO[SiH](C)C)C(C)(C)C. The summed E-state index contributed by atoms with van der Waals surface area (Å²) in [5, 5.41) is 0. The first-order valence-corrected chi connectivity index (χ1v) is 10.1. The molecule has 1 heterocycles. The van der Waals surface area contributed by atoms with E-state index >= 15 is 0 Å². The Bertz CT molecular complexity index is 416. The summed E-state index contributed by atoms with van der Waals surface area (Å²) in [5.74, 6) is 0.0505. The van der Waals surface area contributed by atoms with Gasteiger partial charge in [-0.1, -0.05) is 33.4 Å². The van der Waals surface area contributed by atoms with Gasteiger partial charge in [-0.05, 0) is 18.5 Å². The molecule has 0 radical (unpaired) electrons. The van der Waals surface area contributed by atoms with Gasteiger partial charge in [0, 0.05) is 6.42 Å². The third-order valence-electron chi connectivity index (χ3n) is 3.94. The molecule has 0 aliphatic carbocycles. The molecule has 0 N–H and O–H groups in total. The number of likely N-dealkylation sites (tertiary alicyclic amines) is 1. The molecule has 0 aromatic heterocycles. The van der Waals surface area contributed by atoms with E-state index in [4.69, 9.17) is 9.16 Å². The highest BCUT2D eigenvalue weighted by atomic mass is 28.3. The summed E-state index contributed by atoms with van der Waals surface area (Å²) in [5.41, 5.74) is -0.921. The van der Waals surface area contributed by atoms with Crippen LogP contribution in [0.25, 0.3) is 0 Å². The summed E-state index contributed by atoms with van der Waals surface area (Å²) >= 11 is 0. The second-order valence-corrected chi connectivity index (χ2v) is 9.24. The molecule has 5 nitrogen and oxygen atoms in total. The monoisotopic (exact) mass is 313 g/mol. The molecular weight excluding hydrogens is 286 g/mol. The predicted octanol–water partition coefficient (Wildman–Crippen LogP) is 2.37. The molecule has 1 amide bonds. The minimum atomic E-state index is -1.25. The standard InChI is InChI=1S/C15H27NO4Si/c1-7-8-19-13(18)16-10-12(17)9-15(16,14(2,3)4)11-20-21(5)6/h7,21H,1,8-11H2,2-6H3/t15-/m1/s1. The smallest absolute Gasteiger partial charge is 0.411 e. The number of amides is 1. The van der Waals surface area contributed by atoms with Crippen LogP contribution in [0.3, 0.4) is 0 Å². The summed E-state index contributed by atoms with van der Waals surface area (Å²) in [7, 11) is -1.25. The number of rotatable bonds is 5. The Labute approximate surface area is 129 Å². The van der Waals surface area contributed by atoms with E-state index in [0.717, 1.165) is 0 Å². The highest BCUT2D eigenvalue weighted by Gasteiger charge is 2.55. The fourth-order valence-corrected chi connectivity index (χ4v) is 3.18. The number of ether oxygens (including phenoxy) is 1. The van der Waals surface area contributed by atoms with E-state index in [0.29, 0.717) is 13.0 Å². The molecule has 0 unspecified atom stereocenters. The topological polar surface area (TPSA) is 55.8 Å². The van der Waals surface area contributed by atoms with E-state index in [1.807, 2.05) is 20.8 Å². The molecule has 1 fully saturated rings. The van der Waals surface area contributed by atoms with Crippen molar-refractivity contribution >= 4 is 20.9 Å². The van der Waals surface area contributed by atoms with Gasteiger partial charge in [0.15, 0.2) is 14.8 Å². The van der Waals surface area contributed by atoms with Crippen LogP contribution in [-0.2, 0) is 14.0 Å². The molecule has 1 aliphatic rings. The fourth-order valence-electron chi connectivity index (χ4n) is 2.57. The Hall–Kier alpha value is -1.14. The summed E-state index contributed by atoms with van der Waals surface area (Å²) in [6, 6.07) is 0. The average Bonchev–Trinajstić information content (AvgIpc) is 2.71. The Morgan fingerprint density at radius 2 is 2.10 bits per heavy atom. The molecule has 0 aromatic carbocycles. The molecule has 0 aromatic rings. The number of carbonyl (C=O) groups is 2. The van der Waals surface area contributed by atoms with Crippen LogP contribution in [0, 0.1) is 5.41 Å².